The van der Waals surface area contributed by atoms with Crippen LogP contribution in [0.2, 0.25) is 5.02 Å². The van der Waals surface area contributed by atoms with Gasteiger partial charge in [0, 0.05) is 55.4 Å². The van der Waals surface area contributed by atoms with Crippen LogP contribution in [0.4, 0.5) is 0 Å². The van der Waals surface area contributed by atoms with Crippen molar-refractivity contribution < 1.29 is 9.59 Å². The van der Waals surface area contributed by atoms with E-state index in [9.17, 15) is 9.59 Å². The molecule has 1 aromatic heterocycles. The van der Waals surface area contributed by atoms with Crippen LogP contribution in [0.5, 0.6) is 0 Å². The summed E-state index contributed by atoms with van der Waals surface area (Å²) in [5, 5.41) is 6.55. The zero-order valence-electron chi connectivity index (χ0n) is 15.9. The van der Waals surface area contributed by atoms with Crippen LogP contribution in [0.1, 0.15) is 41.9 Å². The number of rotatable bonds is 6. The van der Waals surface area contributed by atoms with Crippen molar-refractivity contribution in [2.24, 2.45) is 0 Å². The van der Waals surface area contributed by atoms with Crippen LogP contribution in [0, 0.1) is 0 Å². The molecule has 148 valence electrons. The lowest BCUT2D eigenvalue weighted by atomic mass is 9.98. The Morgan fingerprint density at radius 2 is 2.21 bits per heavy atom. The lowest BCUT2D eigenvalue weighted by molar-refractivity contribution is -0.127. The highest BCUT2D eigenvalue weighted by molar-refractivity contribution is 7.09. The lowest BCUT2D eigenvalue weighted by Crippen LogP contribution is -2.38. The molecule has 0 bridgehead atoms. The van der Waals surface area contributed by atoms with Gasteiger partial charge in [0.25, 0.3) is 0 Å². The largest absolute Gasteiger partial charge is 0.356 e. The molecule has 3 rings (SSSR count). The van der Waals surface area contributed by atoms with E-state index in [1.807, 2.05) is 29.2 Å². The third-order valence-corrected chi connectivity index (χ3v) is 6.12. The summed E-state index contributed by atoms with van der Waals surface area (Å²) in [5.74, 6) is 0.250. The number of amides is 2. The molecule has 1 atom stereocenters. The molecule has 1 saturated heterocycles. The Morgan fingerprint density at radius 3 is 3.00 bits per heavy atom. The fourth-order valence-corrected chi connectivity index (χ4v) is 4.43. The topological polar surface area (TPSA) is 62.3 Å². The maximum Gasteiger partial charge on any atom is 0.246 e. The number of halogens is 1. The van der Waals surface area contributed by atoms with Gasteiger partial charge in [-0.2, -0.15) is 0 Å². The molecule has 2 aromatic rings. The minimum absolute atomic E-state index is 0.00653. The van der Waals surface area contributed by atoms with Crippen LogP contribution in [0.3, 0.4) is 0 Å². The van der Waals surface area contributed by atoms with E-state index in [0.29, 0.717) is 18.1 Å². The first kappa shape index (κ1) is 20.6. The van der Waals surface area contributed by atoms with Gasteiger partial charge in [-0.1, -0.05) is 29.8 Å². The van der Waals surface area contributed by atoms with Crippen molar-refractivity contribution in [2.75, 3.05) is 19.6 Å². The molecule has 1 aliphatic heterocycles. The van der Waals surface area contributed by atoms with Crippen molar-refractivity contribution in [3.05, 3.63) is 57.0 Å². The van der Waals surface area contributed by atoms with Crippen molar-refractivity contribution in [2.45, 2.75) is 32.1 Å². The zero-order valence-corrected chi connectivity index (χ0v) is 17.4. The fraction of sp³-hybridized carbons (Fsp3) is 0.381. The highest BCUT2D eigenvalue weighted by atomic mass is 35.5. The summed E-state index contributed by atoms with van der Waals surface area (Å²) in [4.78, 5) is 30.2. The third kappa shape index (κ3) is 5.66. The second kappa shape index (κ2) is 9.85. The second-order valence-corrected chi connectivity index (χ2v) is 8.19. The molecule has 0 saturated carbocycles. The van der Waals surface area contributed by atoms with Crippen LogP contribution in [-0.4, -0.2) is 41.3 Å². The number of carbonyl (C=O) groups is 2. The van der Waals surface area contributed by atoms with Crippen LogP contribution in [0.25, 0.3) is 6.08 Å². The number of hydrogen-bond acceptors (Lipinski definition) is 4. The number of thiazole rings is 1. The maximum atomic E-state index is 12.6. The molecule has 1 aromatic carbocycles. The van der Waals surface area contributed by atoms with E-state index in [1.54, 1.807) is 23.5 Å². The molecule has 2 heterocycles. The normalized spacial score (nSPS) is 17.1. The average Bonchev–Trinajstić information content (AvgIpc) is 3.16. The van der Waals surface area contributed by atoms with Crippen LogP contribution in [0.15, 0.2) is 35.7 Å². The number of carbonyl (C=O) groups excluding carboxylic acids is 2. The van der Waals surface area contributed by atoms with E-state index in [4.69, 9.17) is 16.6 Å². The van der Waals surface area contributed by atoms with Crippen molar-refractivity contribution >= 4 is 40.8 Å². The molecular weight excluding hydrogens is 394 g/mol. The Morgan fingerprint density at radius 1 is 1.39 bits per heavy atom. The Balaban J connectivity index is 1.58. The molecule has 0 aliphatic carbocycles. The summed E-state index contributed by atoms with van der Waals surface area (Å²) in [7, 11) is 0. The summed E-state index contributed by atoms with van der Waals surface area (Å²) in [6.07, 6.45) is 6.11. The van der Waals surface area contributed by atoms with E-state index in [1.165, 1.54) is 6.92 Å². The van der Waals surface area contributed by atoms with Crippen molar-refractivity contribution in [3.8, 4) is 0 Å². The molecule has 7 heteroatoms. The fourth-order valence-electron chi connectivity index (χ4n) is 3.25. The molecule has 1 aliphatic rings. The summed E-state index contributed by atoms with van der Waals surface area (Å²) in [6, 6.07) is 7.48. The quantitative estimate of drug-likeness (QED) is 0.725. The van der Waals surface area contributed by atoms with Crippen molar-refractivity contribution in [1.29, 1.82) is 0 Å². The van der Waals surface area contributed by atoms with Crippen LogP contribution in [-0.2, 0) is 16.0 Å². The first-order chi connectivity index (χ1) is 13.5. The molecule has 0 spiro atoms. The molecule has 28 heavy (non-hydrogen) atoms. The van der Waals surface area contributed by atoms with Gasteiger partial charge >= 0.3 is 0 Å². The molecule has 5 nitrogen and oxygen atoms in total. The Kier molecular flexibility index (Phi) is 7.23. The predicted molar refractivity (Wildman–Crippen MR) is 114 cm³/mol. The Bertz CT molecular complexity index is 865. The summed E-state index contributed by atoms with van der Waals surface area (Å²) < 4.78 is 0. The van der Waals surface area contributed by atoms with E-state index in [-0.39, 0.29) is 17.7 Å². The SMILES string of the molecule is CC(=O)NCCc1csc([C@H]2CCCN(C(=O)/C=C/c3ccccc3Cl)C2)n1. The zero-order chi connectivity index (χ0) is 19.9. The number of piperidine rings is 1. The number of nitrogens with zero attached hydrogens (tertiary/aromatic N) is 2. The first-order valence-electron chi connectivity index (χ1n) is 9.43. The minimum atomic E-state index is -0.0262. The van der Waals surface area contributed by atoms with Gasteiger partial charge in [-0.05, 0) is 30.5 Å². The maximum absolute atomic E-state index is 12.6. The third-order valence-electron chi connectivity index (χ3n) is 4.72. The molecular formula is C21H24ClN3O2S. The van der Waals surface area contributed by atoms with Crippen molar-refractivity contribution in [3.63, 3.8) is 0 Å². The molecule has 1 fully saturated rings. The monoisotopic (exact) mass is 417 g/mol. The number of nitrogens with one attached hydrogen (secondary N) is 1. The number of aromatic nitrogens is 1. The van der Waals surface area contributed by atoms with Gasteiger partial charge < -0.3 is 10.2 Å². The molecule has 0 radical (unpaired) electrons. The van der Waals surface area contributed by atoms with Gasteiger partial charge in [0.1, 0.15) is 0 Å². The average molecular weight is 418 g/mol. The summed E-state index contributed by atoms with van der Waals surface area (Å²) >= 11 is 7.79. The minimum Gasteiger partial charge on any atom is -0.356 e. The highest BCUT2D eigenvalue weighted by Crippen LogP contribution is 2.29. The smallest absolute Gasteiger partial charge is 0.246 e. The van der Waals surface area contributed by atoms with E-state index in [0.717, 1.165) is 42.1 Å². The first-order valence-corrected chi connectivity index (χ1v) is 10.7. The van der Waals surface area contributed by atoms with Crippen LogP contribution < -0.4 is 5.32 Å². The second-order valence-electron chi connectivity index (χ2n) is 6.89. The Labute approximate surface area is 174 Å². The standard InChI is InChI=1S/C21H24ClN3O2S/c1-15(26)23-11-10-18-14-28-21(24-18)17-6-4-12-25(13-17)20(27)9-8-16-5-2-3-7-19(16)22/h2-3,5,7-9,14,17H,4,6,10-13H2,1H3,(H,23,26)/b9-8+/t17-/m0/s1. The van der Waals surface area contributed by atoms with E-state index < -0.39 is 0 Å². The van der Waals surface area contributed by atoms with Crippen molar-refractivity contribution in [1.82, 2.24) is 15.2 Å². The van der Waals surface area contributed by atoms with Crippen LogP contribution >= 0.6 is 22.9 Å². The highest BCUT2D eigenvalue weighted by Gasteiger charge is 2.25. The Hall–Kier alpha value is -2.18. The van der Waals surface area contributed by atoms with Gasteiger partial charge in [-0.25, -0.2) is 4.98 Å². The molecule has 1 N–H and O–H groups in total. The van der Waals surface area contributed by atoms with Gasteiger partial charge in [0.2, 0.25) is 11.8 Å². The summed E-state index contributed by atoms with van der Waals surface area (Å²) in [6.45, 7) is 3.56. The van der Waals surface area contributed by atoms with Gasteiger partial charge in [-0.3, -0.25) is 9.59 Å². The lowest BCUT2D eigenvalue weighted by Gasteiger charge is -2.31. The molecule has 2 amide bonds. The van der Waals surface area contributed by atoms with E-state index in [2.05, 4.69) is 10.7 Å². The van der Waals surface area contributed by atoms with Gasteiger partial charge in [-0.15, -0.1) is 11.3 Å². The van der Waals surface area contributed by atoms with E-state index >= 15 is 0 Å². The number of likely N-dealkylation sites (tertiary alicyclic amines) is 1. The van der Waals surface area contributed by atoms with Gasteiger partial charge in [0.05, 0.1) is 10.7 Å². The predicted octanol–water partition coefficient (Wildman–Crippen LogP) is 3.89. The number of benzene rings is 1. The summed E-state index contributed by atoms with van der Waals surface area (Å²) in [5.41, 5.74) is 1.84. The number of hydrogen-bond donors (Lipinski definition) is 1. The molecule has 0 unspecified atom stereocenters. The van der Waals surface area contributed by atoms with Gasteiger partial charge in [0.15, 0.2) is 0 Å².